The van der Waals surface area contributed by atoms with Gasteiger partial charge in [0.25, 0.3) is 0 Å². The summed E-state index contributed by atoms with van der Waals surface area (Å²) in [6.45, 7) is 2.28. The minimum atomic E-state index is -0.361. The lowest BCUT2D eigenvalue weighted by molar-refractivity contribution is -0.0553. The molecule has 1 aromatic carbocycles. The number of ether oxygens (including phenoxy) is 1. The summed E-state index contributed by atoms with van der Waals surface area (Å²) >= 11 is 0. The van der Waals surface area contributed by atoms with Crippen molar-refractivity contribution in [2.45, 2.75) is 12.6 Å². The van der Waals surface area contributed by atoms with E-state index in [0.29, 0.717) is 37.4 Å². The number of morpholine rings is 1. The molecule has 5 nitrogen and oxygen atoms in total. The predicted octanol–water partition coefficient (Wildman–Crippen LogP) is 0.303. The van der Waals surface area contributed by atoms with Crippen LogP contribution >= 0.6 is 0 Å². The number of benzene rings is 1. The van der Waals surface area contributed by atoms with E-state index in [9.17, 15) is 4.39 Å². The minimum Gasteiger partial charge on any atom is -0.394 e. The number of halogens is 1. The molecule has 104 valence electrons. The second-order valence-corrected chi connectivity index (χ2v) is 4.63. The van der Waals surface area contributed by atoms with Crippen LogP contribution in [-0.4, -0.2) is 48.2 Å². The average Bonchev–Trinajstić information content (AvgIpc) is 2.41. The molecule has 2 rings (SSSR count). The van der Waals surface area contributed by atoms with Crippen molar-refractivity contribution in [1.82, 2.24) is 4.90 Å². The zero-order valence-corrected chi connectivity index (χ0v) is 10.6. The van der Waals surface area contributed by atoms with Crippen molar-refractivity contribution in [3.8, 4) is 0 Å². The van der Waals surface area contributed by atoms with Crippen LogP contribution in [0.5, 0.6) is 0 Å². The van der Waals surface area contributed by atoms with Gasteiger partial charge in [-0.05, 0) is 6.07 Å². The van der Waals surface area contributed by atoms with Gasteiger partial charge in [-0.15, -0.1) is 0 Å². The van der Waals surface area contributed by atoms with Crippen LogP contribution in [0.15, 0.2) is 18.2 Å². The van der Waals surface area contributed by atoms with Gasteiger partial charge in [0.2, 0.25) is 0 Å². The SMILES string of the molecule is N=C(N)c1ccc(CN2CCOC(CO)C2)c(F)c1. The Balaban J connectivity index is 2.04. The van der Waals surface area contributed by atoms with E-state index in [1.165, 1.54) is 6.07 Å². The molecule has 4 N–H and O–H groups in total. The summed E-state index contributed by atoms with van der Waals surface area (Å²) in [6, 6.07) is 4.57. The lowest BCUT2D eigenvalue weighted by atomic mass is 10.1. The molecule has 0 saturated carbocycles. The van der Waals surface area contributed by atoms with Crippen molar-refractivity contribution in [3.63, 3.8) is 0 Å². The van der Waals surface area contributed by atoms with E-state index in [4.69, 9.17) is 21.0 Å². The molecule has 1 fully saturated rings. The van der Waals surface area contributed by atoms with Gasteiger partial charge in [-0.1, -0.05) is 12.1 Å². The Labute approximate surface area is 111 Å². The first-order valence-electron chi connectivity index (χ1n) is 6.18. The smallest absolute Gasteiger partial charge is 0.128 e. The van der Waals surface area contributed by atoms with Crippen molar-refractivity contribution < 1.29 is 14.2 Å². The quantitative estimate of drug-likeness (QED) is 0.541. The number of hydrogen-bond acceptors (Lipinski definition) is 4. The van der Waals surface area contributed by atoms with Gasteiger partial charge in [0.1, 0.15) is 11.7 Å². The predicted molar refractivity (Wildman–Crippen MR) is 69.5 cm³/mol. The molecule has 0 aromatic heterocycles. The second kappa shape index (κ2) is 6.10. The first kappa shape index (κ1) is 13.9. The normalized spacial score (nSPS) is 20.4. The minimum absolute atomic E-state index is 0.0255. The molecular formula is C13H18FN3O2. The summed E-state index contributed by atoms with van der Waals surface area (Å²) in [4.78, 5) is 2.04. The van der Waals surface area contributed by atoms with Crippen LogP contribution in [0.1, 0.15) is 11.1 Å². The molecule has 1 heterocycles. The summed E-state index contributed by atoms with van der Waals surface area (Å²) in [5.41, 5.74) is 6.26. The first-order chi connectivity index (χ1) is 9.10. The lowest BCUT2D eigenvalue weighted by Gasteiger charge is -2.32. The third-order valence-corrected chi connectivity index (χ3v) is 3.18. The van der Waals surface area contributed by atoms with Gasteiger partial charge in [0, 0.05) is 30.8 Å². The molecule has 1 aliphatic rings. The maximum Gasteiger partial charge on any atom is 0.128 e. The number of nitrogen functional groups attached to an aromatic ring is 1. The van der Waals surface area contributed by atoms with E-state index in [1.807, 2.05) is 4.90 Å². The Bertz CT molecular complexity index is 467. The van der Waals surface area contributed by atoms with Crippen LogP contribution in [0, 0.1) is 11.2 Å². The largest absolute Gasteiger partial charge is 0.394 e. The summed E-state index contributed by atoms with van der Waals surface area (Å²) in [7, 11) is 0. The van der Waals surface area contributed by atoms with Gasteiger partial charge < -0.3 is 15.6 Å². The molecule has 0 spiro atoms. The molecule has 1 unspecified atom stereocenters. The number of rotatable bonds is 4. The number of nitrogens with zero attached hydrogens (tertiary/aromatic N) is 1. The molecule has 1 atom stereocenters. The van der Waals surface area contributed by atoms with Gasteiger partial charge in [0.15, 0.2) is 0 Å². The molecule has 1 aliphatic heterocycles. The molecule has 0 radical (unpaired) electrons. The number of amidine groups is 1. The monoisotopic (exact) mass is 267 g/mol. The van der Waals surface area contributed by atoms with Gasteiger partial charge >= 0.3 is 0 Å². The number of nitrogens with one attached hydrogen (secondary N) is 1. The maximum absolute atomic E-state index is 13.9. The zero-order valence-electron chi connectivity index (χ0n) is 10.6. The average molecular weight is 267 g/mol. The number of aliphatic hydroxyl groups is 1. The van der Waals surface area contributed by atoms with E-state index in [1.54, 1.807) is 12.1 Å². The highest BCUT2D eigenvalue weighted by Gasteiger charge is 2.20. The van der Waals surface area contributed by atoms with Crippen molar-refractivity contribution >= 4 is 5.84 Å². The molecule has 0 aliphatic carbocycles. The van der Waals surface area contributed by atoms with E-state index in [2.05, 4.69) is 0 Å². The van der Waals surface area contributed by atoms with Crippen LogP contribution in [0.4, 0.5) is 4.39 Å². The first-order valence-corrected chi connectivity index (χ1v) is 6.18. The topological polar surface area (TPSA) is 82.6 Å². The highest BCUT2D eigenvalue weighted by atomic mass is 19.1. The van der Waals surface area contributed by atoms with Crippen molar-refractivity contribution in [1.29, 1.82) is 5.41 Å². The van der Waals surface area contributed by atoms with Crippen molar-refractivity contribution in [2.24, 2.45) is 5.73 Å². The van der Waals surface area contributed by atoms with E-state index < -0.39 is 0 Å². The Morgan fingerprint density at radius 2 is 2.37 bits per heavy atom. The highest BCUT2D eigenvalue weighted by Crippen LogP contribution is 2.15. The molecule has 6 heteroatoms. The van der Waals surface area contributed by atoms with Crippen LogP contribution in [0.25, 0.3) is 0 Å². The van der Waals surface area contributed by atoms with Crippen molar-refractivity contribution in [2.75, 3.05) is 26.3 Å². The second-order valence-electron chi connectivity index (χ2n) is 4.63. The van der Waals surface area contributed by atoms with E-state index in [-0.39, 0.29) is 24.4 Å². The molecular weight excluding hydrogens is 249 g/mol. The fourth-order valence-electron chi connectivity index (χ4n) is 2.12. The zero-order chi connectivity index (χ0) is 13.8. The summed E-state index contributed by atoms with van der Waals surface area (Å²) in [6.07, 6.45) is -0.201. The molecule has 1 aromatic rings. The Hall–Kier alpha value is -1.50. The fourth-order valence-corrected chi connectivity index (χ4v) is 2.12. The Morgan fingerprint density at radius 1 is 1.58 bits per heavy atom. The Kier molecular flexibility index (Phi) is 4.47. The molecule has 0 bridgehead atoms. The van der Waals surface area contributed by atoms with Gasteiger partial charge in [-0.2, -0.15) is 0 Å². The lowest BCUT2D eigenvalue weighted by Crippen LogP contribution is -2.43. The van der Waals surface area contributed by atoms with Crippen LogP contribution in [0.2, 0.25) is 0 Å². The molecule has 1 saturated heterocycles. The summed E-state index contributed by atoms with van der Waals surface area (Å²) in [5.74, 6) is -0.503. The number of aliphatic hydroxyl groups excluding tert-OH is 1. The van der Waals surface area contributed by atoms with Crippen molar-refractivity contribution in [3.05, 3.63) is 35.1 Å². The van der Waals surface area contributed by atoms with Gasteiger partial charge in [-0.25, -0.2) is 4.39 Å². The summed E-state index contributed by atoms with van der Waals surface area (Å²) in [5, 5.41) is 16.3. The van der Waals surface area contributed by atoms with E-state index in [0.717, 1.165) is 0 Å². The molecule has 0 amide bonds. The third-order valence-electron chi connectivity index (χ3n) is 3.18. The number of nitrogens with two attached hydrogens (primary N) is 1. The van der Waals surface area contributed by atoms with Crippen LogP contribution in [0.3, 0.4) is 0 Å². The van der Waals surface area contributed by atoms with Crippen LogP contribution < -0.4 is 5.73 Å². The maximum atomic E-state index is 13.9. The fraction of sp³-hybridized carbons (Fsp3) is 0.462. The van der Waals surface area contributed by atoms with Gasteiger partial charge in [-0.3, -0.25) is 10.3 Å². The Morgan fingerprint density at radius 3 is 3.00 bits per heavy atom. The third kappa shape index (κ3) is 3.50. The standard InChI is InChI=1S/C13H18FN3O2/c14-12-5-9(13(15)16)1-2-10(12)6-17-3-4-19-11(7-17)8-18/h1-2,5,11,18H,3-4,6-8H2,(H3,15,16). The van der Waals surface area contributed by atoms with Gasteiger partial charge in [0.05, 0.1) is 19.3 Å². The highest BCUT2D eigenvalue weighted by molar-refractivity contribution is 5.94. The summed E-state index contributed by atoms with van der Waals surface area (Å²) < 4.78 is 19.2. The van der Waals surface area contributed by atoms with E-state index >= 15 is 0 Å². The molecule has 19 heavy (non-hydrogen) atoms. The van der Waals surface area contributed by atoms with Crippen LogP contribution in [-0.2, 0) is 11.3 Å². The number of hydrogen-bond donors (Lipinski definition) is 3.